The summed E-state index contributed by atoms with van der Waals surface area (Å²) in [5, 5.41) is 11.4. The lowest BCUT2D eigenvalue weighted by atomic mass is 10.0. The number of hydrogen-bond donors (Lipinski definition) is 0. The van der Waals surface area contributed by atoms with Gasteiger partial charge in [-0.3, -0.25) is 0 Å². The average Bonchev–Trinajstić information content (AvgIpc) is 2.82. The Morgan fingerprint density at radius 2 is 1.09 bits per heavy atom. The van der Waals surface area contributed by atoms with E-state index in [1.54, 1.807) is 21.3 Å². The molecule has 8 heteroatoms. The summed E-state index contributed by atoms with van der Waals surface area (Å²) >= 11 is 1.32. The molecule has 6 nitrogen and oxygen atoms in total. The second kappa shape index (κ2) is 23.5. The normalized spacial score (nSPS) is 11.8. The molecule has 198 valence electrons. The second-order valence-electron chi connectivity index (χ2n) is 8.90. The third kappa shape index (κ3) is 18.7. The van der Waals surface area contributed by atoms with Gasteiger partial charge in [-0.15, -0.1) is 0 Å². The number of hydrogen-bond acceptors (Lipinski definition) is 6. The lowest BCUT2D eigenvalue weighted by Crippen LogP contribution is -2.42. The van der Waals surface area contributed by atoms with Crippen LogP contribution >= 0.6 is 11.9 Å². The van der Waals surface area contributed by atoms with Gasteiger partial charge in [0.2, 0.25) is 0 Å². The smallest absolute Gasteiger partial charge is 0.500 e. The molecule has 0 aromatic rings. The van der Waals surface area contributed by atoms with Crippen LogP contribution < -0.4 is 5.11 Å². The van der Waals surface area contributed by atoms with E-state index in [1.165, 1.54) is 106 Å². The lowest BCUT2D eigenvalue weighted by Gasteiger charge is -2.26. The monoisotopic (exact) mass is 506 g/mol. The molecule has 0 radical (unpaired) electrons. The third-order valence-corrected chi connectivity index (χ3v) is 10.2. The summed E-state index contributed by atoms with van der Waals surface area (Å²) in [5.74, 6) is 0.678. The van der Waals surface area contributed by atoms with Gasteiger partial charge < -0.3 is 27.5 Å². The Morgan fingerprint density at radius 3 is 1.45 bits per heavy atom. The van der Waals surface area contributed by atoms with E-state index in [9.17, 15) is 9.90 Å². The zero-order valence-electron chi connectivity index (χ0n) is 22.0. The molecular formula is C25H52NO5SSi-. The maximum absolute atomic E-state index is 11.4. The molecule has 0 unspecified atom stereocenters. The van der Waals surface area contributed by atoms with Crippen molar-refractivity contribution >= 4 is 26.8 Å². The second-order valence-corrected chi connectivity index (χ2v) is 13.1. The van der Waals surface area contributed by atoms with E-state index in [1.807, 2.05) is 0 Å². The summed E-state index contributed by atoms with van der Waals surface area (Å²) in [4.78, 5) is 11.4. The molecule has 0 N–H and O–H groups in total. The van der Waals surface area contributed by atoms with Crippen LogP contribution in [-0.2, 0) is 13.3 Å². The number of carbonyl (C=O) groups is 1. The molecule has 1 amide bonds. The van der Waals surface area contributed by atoms with E-state index in [4.69, 9.17) is 13.3 Å². The van der Waals surface area contributed by atoms with Crippen molar-refractivity contribution in [3.8, 4) is 0 Å². The van der Waals surface area contributed by atoms with Gasteiger partial charge in [0.1, 0.15) is 6.09 Å². The minimum Gasteiger partial charge on any atom is -0.529 e. The molecule has 0 saturated heterocycles. The molecule has 0 aromatic heterocycles. The van der Waals surface area contributed by atoms with Gasteiger partial charge in [0.25, 0.3) is 0 Å². The predicted octanol–water partition coefficient (Wildman–Crippen LogP) is 6.81. The van der Waals surface area contributed by atoms with Gasteiger partial charge in [-0.25, -0.2) is 0 Å². The van der Waals surface area contributed by atoms with Gasteiger partial charge in [-0.2, -0.15) is 0 Å². The molecule has 0 fully saturated rings. The fraction of sp³-hybridized carbons (Fsp3) is 0.960. The van der Waals surface area contributed by atoms with E-state index in [2.05, 4.69) is 6.92 Å². The summed E-state index contributed by atoms with van der Waals surface area (Å²) in [6.45, 7) is 2.81. The Balaban J connectivity index is 3.58. The molecule has 0 rings (SSSR count). The van der Waals surface area contributed by atoms with Crippen LogP contribution in [0.4, 0.5) is 4.79 Å². The first-order valence-corrected chi connectivity index (χ1v) is 16.2. The average molecular weight is 507 g/mol. The molecule has 0 heterocycles. The van der Waals surface area contributed by atoms with Crippen molar-refractivity contribution in [2.45, 2.75) is 122 Å². The van der Waals surface area contributed by atoms with Crippen LogP contribution in [0.25, 0.3) is 0 Å². The molecule has 33 heavy (non-hydrogen) atoms. The molecule has 0 aliphatic rings. The summed E-state index contributed by atoms with van der Waals surface area (Å²) in [6, 6.07) is 0.670. The Labute approximate surface area is 210 Å². The fourth-order valence-corrected chi connectivity index (χ4v) is 6.87. The largest absolute Gasteiger partial charge is 0.529 e. The van der Waals surface area contributed by atoms with Gasteiger partial charge in [0.05, 0.1) is 0 Å². The first kappa shape index (κ1) is 32.7. The number of nitrogens with zero attached hydrogens (tertiary/aromatic N) is 1. The zero-order chi connectivity index (χ0) is 24.6. The zero-order valence-corrected chi connectivity index (χ0v) is 23.9. The van der Waals surface area contributed by atoms with Crippen molar-refractivity contribution in [3.63, 3.8) is 0 Å². The van der Waals surface area contributed by atoms with E-state index >= 15 is 0 Å². The standard InChI is InChI=1S/C25H53NO5SSi/c1-5-6-7-8-9-10-11-12-13-14-15-16-17-18-19-20-22-26(25(27)28)32-23-21-24-33(29-2,30-3)31-4/h5-24H2,1-4H3,(H,27,28)/p-1. The number of rotatable bonds is 25. The highest BCUT2D eigenvalue weighted by molar-refractivity contribution is 7.97. The molecule has 0 spiro atoms. The lowest BCUT2D eigenvalue weighted by molar-refractivity contribution is -0.258. The van der Waals surface area contributed by atoms with Crippen molar-refractivity contribution < 1.29 is 23.2 Å². The quantitative estimate of drug-likeness (QED) is 0.0769. The molecule has 0 aliphatic carbocycles. The van der Waals surface area contributed by atoms with Crippen molar-refractivity contribution in [2.75, 3.05) is 33.6 Å². The molecule has 0 aliphatic heterocycles. The van der Waals surface area contributed by atoms with Crippen LogP contribution in [0, 0.1) is 0 Å². The van der Waals surface area contributed by atoms with E-state index < -0.39 is 14.9 Å². The maximum Gasteiger partial charge on any atom is 0.500 e. The van der Waals surface area contributed by atoms with Crippen molar-refractivity contribution in [2.24, 2.45) is 0 Å². The molecule has 0 atom stereocenters. The minimum atomic E-state index is -2.58. The van der Waals surface area contributed by atoms with Gasteiger partial charge in [-0.05, 0) is 24.8 Å². The number of amides is 1. The summed E-state index contributed by atoms with van der Waals surface area (Å²) in [7, 11) is 2.21. The first-order chi connectivity index (χ1) is 16.0. The number of carboxylic acid groups (broad SMARTS) is 1. The highest BCUT2D eigenvalue weighted by Crippen LogP contribution is 2.20. The minimum absolute atomic E-state index is 0.535. The maximum atomic E-state index is 11.4. The van der Waals surface area contributed by atoms with E-state index in [0.717, 1.165) is 19.3 Å². The SMILES string of the molecule is CCCCCCCCCCCCCCCCCCN(SCCC[Si](OC)(OC)OC)C(=O)[O-]. The van der Waals surface area contributed by atoms with Gasteiger partial charge in [0.15, 0.2) is 0 Å². The molecule has 0 saturated carbocycles. The predicted molar refractivity (Wildman–Crippen MR) is 140 cm³/mol. The van der Waals surface area contributed by atoms with E-state index in [-0.39, 0.29) is 0 Å². The van der Waals surface area contributed by atoms with E-state index in [0.29, 0.717) is 18.3 Å². The number of carbonyl (C=O) groups excluding carboxylic acids is 1. The van der Waals surface area contributed by atoms with Crippen LogP contribution in [0.2, 0.25) is 6.04 Å². The highest BCUT2D eigenvalue weighted by atomic mass is 32.2. The Bertz CT molecular complexity index is 433. The van der Waals surface area contributed by atoms with Crippen molar-refractivity contribution in [1.82, 2.24) is 4.31 Å². The van der Waals surface area contributed by atoms with Crippen LogP contribution in [0.15, 0.2) is 0 Å². The Kier molecular flexibility index (Phi) is 23.3. The Morgan fingerprint density at radius 1 is 0.697 bits per heavy atom. The van der Waals surface area contributed by atoms with Crippen molar-refractivity contribution in [3.05, 3.63) is 0 Å². The number of unbranched alkanes of at least 4 members (excludes halogenated alkanes) is 15. The first-order valence-electron chi connectivity index (χ1n) is 13.3. The molecule has 0 bridgehead atoms. The van der Waals surface area contributed by atoms with Gasteiger partial charge in [0, 0.05) is 39.7 Å². The Hall–Kier alpha value is -0.283. The van der Waals surface area contributed by atoms with Gasteiger partial charge in [-0.1, -0.05) is 103 Å². The highest BCUT2D eigenvalue weighted by Gasteiger charge is 2.36. The third-order valence-electron chi connectivity index (χ3n) is 6.23. The fourth-order valence-electron chi connectivity index (χ4n) is 4.03. The molecular weight excluding hydrogens is 454 g/mol. The summed E-state index contributed by atoms with van der Waals surface area (Å²) in [6.07, 6.45) is 20.7. The van der Waals surface area contributed by atoms with Crippen LogP contribution in [0.1, 0.15) is 116 Å². The molecule has 0 aromatic carbocycles. The van der Waals surface area contributed by atoms with Gasteiger partial charge >= 0.3 is 8.80 Å². The van der Waals surface area contributed by atoms with Crippen LogP contribution in [0.3, 0.4) is 0 Å². The summed E-state index contributed by atoms with van der Waals surface area (Å²) in [5.41, 5.74) is 0. The van der Waals surface area contributed by atoms with Crippen molar-refractivity contribution in [1.29, 1.82) is 0 Å². The van der Waals surface area contributed by atoms with Crippen LogP contribution in [0.5, 0.6) is 0 Å². The summed E-state index contributed by atoms with van der Waals surface area (Å²) < 4.78 is 17.6. The topological polar surface area (TPSA) is 71.1 Å². The van der Waals surface area contributed by atoms with Crippen LogP contribution in [-0.4, -0.2) is 52.8 Å².